The largest absolute Gasteiger partial charge is 0.465 e. The van der Waals surface area contributed by atoms with Gasteiger partial charge in [0.2, 0.25) is 0 Å². The van der Waals surface area contributed by atoms with Gasteiger partial charge in [-0.2, -0.15) is 0 Å². The van der Waals surface area contributed by atoms with Crippen molar-refractivity contribution < 1.29 is 9.90 Å². The van der Waals surface area contributed by atoms with Crippen molar-refractivity contribution >= 4 is 28.6 Å². The first-order chi connectivity index (χ1) is 13.7. The highest BCUT2D eigenvalue weighted by molar-refractivity contribution is 6.35. The van der Waals surface area contributed by atoms with Crippen LogP contribution < -0.4 is 5.56 Å². The van der Waals surface area contributed by atoms with E-state index in [0.29, 0.717) is 33.9 Å². The van der Waals surface area contributed by atoms with E-state index in [9.17, 15) is 14.7 Å². The summed E-state index contributed by atoms with van der Waals surface area (Å²) in [5.41, 5.74) is 0.0519. The summed E-state index contributed by atoms with van der Waals surface area (Å²) in [6, 6.07) is 13.6. The number of rotatable bonds is 4. The van der Waals surface area contributed by atoms with Crippen LogP contribution in [0.4, 0.5) is 4.79 Å². The Morgan fingerprint density at radius 3 is 2.38 bits per heavy atom. The zero-order valence-corrected chi connectivity index (χ0v) is 17.6. The molecule has 29 heavy (non-hydrogen) atoms. The summed E-state index contributed by atoms with van der Waals surface area (Å²) in [7, 11) is 0. The normalized spacial score (nSPS) is 12.7. The summed E-state index contributed by atoms with van der Waals surface area (Å²) in [5.74, 6) is 0.371. The Hall–Kier alpha value is -2.86. The zero-order valence-electron chi connectivity index (χ0n) is 16.9. The Morgan fingerprint density at radius 1 is 1.17 bits per heavy atom. The third-order valence-corrected chi connectivity index (χ3v) is 5.13. The van der Waals surface area contributed by atoms with Crippen LogP contribution in [0.1, 0.15) is 46.0 Å². The number of carbonyl (C=O) groups is 1. The number of fused-ring (bicyclic) bond motifs is 1. The third-order valence-electron chi connectivity index (χ3n) is 4.81. The van der Waals surface area contributed by atoms with Crippen molar-refractivity contribution in [3.05, 3.63) is 69.7 Å². The molecule has 1 heterocycles. The van der Waals surface area contributed by atoms with Gasteiger partial charge in [-0.3, -0.25) is 14.3 Å². The molecule has 0 aliphatic heterocycles. The van der Waals surface area contributed by atoms with Gasteiger partial charge in [-0.05, 0) is 51.5 Å². The van der Waals surface area contributed by atoms with Crippen LogP contribution in [-0.2, 0) is 0 Å². The molecule has 0 spiro atoms. The lowest BCUT2D eigenvalue weighted by Gasteiger charge is -2.39. The maximum Gasteiger partial charge on any atom is 0.408 e. The molecule has 1 aromatic heterocycles. The lowest BCUT2D eigenvalue weighted by atomic mass is 10.0. The number of para-hydroxylation sites is 1. The molecule has 1 N–H and O–H groups in total. The molecular weight excluding hydrogens is 390 g/mol. The van der Waals surface area contributed by atoms with Crippen LogP contribution in [0.25, 0.3) is 16.6 Å². The van der Waals surface area contributed by atoms with Crippen LogP contribution in [0.3, 0.4) is 0 Å². The number of carboxylic acid groups (broad SMARTS) is 1. The number of nitrogens with zero attached hydrogens (tertiary/aromatic N) is 3. The first-order valence-electron chi connectivity index (χ1n) is 9.45. The number of amides is 1. The van der Waals surface area contributed by atoms with E-state index in [1.54, 1.807) is 30.3 Å². The van der Waals surface area contributed by atoms with Gasteiger partial charge in [0.1, 0.15) is 5.82 Å². The topological polar surface area (TPSA) is 75.4 Å². The molecule has 0 aliphatic rings. The molecule has 1 atom stereocenters. The predicted octanol–water partition coefficient (Wildman–Crippen LogP) is 5.27. The molecule has 0 saturated heterocycles. The van der Waals surface area contributed by atoms with E-state index >= 15 is 0 Å². The molecular formula is C22H24ClN3O3. The van der Waals surface area contributed by atoms with Gasteiger partial charge in [0.25, 0.3) is 5.56 Å². The average molecular weight is 414 g/mol. The fraction of sp³-hybridized carbons (Fsp3) is 0.318. The van der Waals surface area contributed by atoms with Crippen molar-refractivity contribution in [2.75, 3.05) is 0 Å². The van der Waals surface area contributed by atoms with Gasteiger partial charge >= 0.3 is 6.09 Å². The molecule has 3 rings (SSSR count). The maximum atomic E-state index is 13.5. The molecule has 3 aromatic rings. The number of halogens is 1. The van der Waals surface area contributed by atoms with Crippen LogP contribution in [0.15, 0.2) is 53.3 Å². The van der Waals surface area contributed by atoms with Crippen molar-refractivity contribution in [3.63, 3.8) is 0 Å². The van der Waals surface area contributed by atoms with Crippen molar-refractivity contribution in [3.8, 4) is 5.69 Å². The molecule has 6 nitrogen and oxygen atoms in total. The van der Waals surface area contributed by atoms with Crippen LogP contribution in [0.2, 0.25) is 5.02 Å². The number of aromatic nitrogens is 2. The molecule has 0 saturated carbocycles. The second kappa shape index (κ2) is 7.87. The van der Waals surface area contributed by atoms with Crippen LogP contribution in [0, 0.1) is 0 Å². The quantitative estimate of drug-likeness (QED) is 0.632. The minimum Gasteiger partial charge on any atom is -0.465 e. The van der Waals surface area contributed by atoms with Gasteiger partial charge in [-0.25, -0.2) is 9.78 Å². The van der Waals surface area contributed by atoms with Crippen molar-refractivity contribution in [1.82, 2.24) is 14.5 Å². The Balaban J connectivity index is 2.42. The SMILES string of the molecule is CC[C@@H](c1nc2cccc(Cl)c2c(=O)n1-c1ccccc1)N(C(=O)O)C(C)(C)C. The molecule has 152 valence electrons. The van der Waals surface area contributed by atoms with Gasteiger partial charge in [-0.15, -0.1) is 0 Å². The monoisotopic (exact) mass is 413 g/mol. The summed E-state index contributed by atoms with van der Waals surface area (Å²) in [6.45, 7) is 7.36. The lowest BCUT2D eigenvalue weighted by molar-refractivity contribution is 0.0646. The molecule has 0 unspecified atom stereocenters. The summed E-state index contributed by atoms with van der Waals surface area (Å²) in [6.07, 6.45) is -0.612. The van der Waals surface area contributed by atoms with E-state index in [1.807, 2.05) is 45.9 Å². The van der Waals surface area contributed by atoms with Gasteiger partial charge in [0.05, 0.1) is 27.7 Å². The number of hydrogen-bond donors (Lipinski definition) is 1. The third kappa shape index (κ3) is 3.85. The molecule has 0 aliphatic carbocycles. The van der Waals surface area contributed by atoms with Crippen molar-refractivity contribution in [2.24, 2.45) is 0 Å². The highest BCUT2D eigenvalue weighted by Crippen LogP contribution is 2.32. The van der Waals surface area contributed by atoms with E-state index < -0.39 is 17.7 Å². The smallest absolute Gasteiger partial charge is 0.408 e. The van der Waals surface area contributed by atoms with Crippen LogP contribution >= 0.6 is 11.6 Å². The average Bonchev–Trinajstić information content (AvgIpc) is 2.65. The number of benzene rings is 2. The van der Waals surface area contributed by atoms with Crippen LogP contribution in [0.5, 0.6) is 0 Å². The van der Waals surface area contributed by atoms with E-state index in [4.69, 9.17) is 16.6 Å². The number of hydrogen-bond acceptors (Lipinski definition) is 3. The second-order valence-electron chi connectivity index (χ2n) is 7.83. The summed E-state index contributed by atoms with van der Waals surface area (Å²) >= 11 is 6.32. The molecule has 2 aromatic carbocycles. The fourth-order valence-corrected chi connectivity index (χ4v) is 3.88. The predicted molar refractivity (Wildman–Crippen MR) is 115 cm³/mol. The Labute approximate surface area is 174 Å². The summed E-state index contributed by atoms with van der Waals surface area (Å²) in [5, 5.41) is 10.6. The summed E-state index contributed by atoms with van der Waals surface area (Å²) < 4.78 is 1.48. The second-order valence-corrected chi connectivity index (χ2v) is 8.23. The Kier molecular flexibility index (Phi) is 5.66. The molecule has 0 bridgehead atoms. The highest BCUT2D eigenvalue weighted by Gasteiger charge is 2.36. The van der Waals surface area contributed by atoms with E-state index in [1.165, 1.54) is 9.47 Å². The fourth-order valence-electron chi connectivity index (χ4n) is 3.63. The van der Waals surface area contributed by atoms with Gasteiger partial charge in [0.15, 0.2) is 0 Å². The molecule has 0 radical (unpaired) electrons. The van der Waals surface area contributed by atoms with Gasteiger partial charge in [0, 0.05) is 5.54 Å². The minimum absolute atomic E-state index is 0.314. The van der Waals surface area contributed by atoms with Gasteiger partial charge < -0.3 is 5.11 Å². The van der Waals surface area contributed by atoms with Crippen LogP contribution in [-0.4, -0.2) is 31.2 Å². The van der Waals surface area contributed by atoms with Crippen molar-refractivity contribution in [2.45, 2.75) is 45.7 Å². The highest BCUT2D eigenvalue weighted by atomic mass is 35.5. The first-order valence-corrected chi connectivity index (χ1v) is 9.83. The Bertz CT molecular complexity index is 1100. The van der Waals surface area contributed by atoms with E-state index in [2.05, 4.69) is 0 Å². The van der Waals surface area contributed by atoms with E-state index in [0.717, 1.165) is 0 Å². The standard InChI is InChI=1S/C22H24ClN3O3/c1-5-17(26(21(28)29)22(2,3)4)19-24-16-13-9-12-15(23)18(16)20(27)25(19)14-10-7-6-8-11-14/h6-13,17H,5H2,1-4H3,(H,28,29)/t17-/m0/s1. The first kappa shape index (κ1) is 20.9. The maximum absolute atomic E-state index is 13.5. The van der Waals surface area contributed by atoms with Crippen molar-refractivity contribution in [1.29, 1.82) is 0 Å². The molecule has 0 fully saturated rings. The zero-order chi connectivity index (χ0) is 21.3. The van der Waals surface area contributed by atoms with E-state index in [-0.39, 0.29) is 5.56 Å². The lowest BCUT2D eigenvalue weighted by Crippen LogP contribution is -2.48. The Morgan fingerprint density at radius 2 is 1.83 bits per heavy atom. The molecule has 7 heteroatoms. The summed E-state index contributed by atoms with van der Waals surface area (Å²) in [4.78, 5) is 31.8. The molecule has 1 amide bonds. The minimum atomic E-state index is -1.07. The van der Waals surface area contributed by atoms with Gasteiger partial charge in [-0.1, -0.05) is 42.8 Å².